The summed E-state index contributed by atoms with van der Waals surface area (Å²) in [4.78, 5) is 25.9. The number of benzene rings is 1. The quantitative estimate of drug-likeness (QED) is 0.859. The van der Waals surface area contributed by atoms with Crippen molar-refractivity contribution in [3.05, 3.63) is 69.6 Å². The van der Waals surface area contributed by atoms with E-state index in [-0.39, 0.29) is 16.9 Å². The maximum atomic E-state index is 11.8. The highest BCUT2D eigenvalue weighted by atomic mass is 16.2. The molecular formula is C14H14N2O2. The summed E-state index contributed by atoms with van der Waals surface area (Å²) in [7, 11) is 0. The van der Waals surface area contributed by atoms with E-state index in [2.05, 4.69) is 10.3 Å². The zero-order valence-corrected chi connectivity index (χ0v) is 10.1. The summed E-state index contributed by atoms with van der Waals surface area (Å²) in [5, 5.41) is 2.72. The smallest absolute Gasteiger partial charge is 0.257 e. The Morgan fingerprint density at radius 2 is 1.94 bits per heavy atom. The van der Waals surface area contributed by atoms with Crippen molar-refractivity contribution in [2.45, 2.75) is 13.5 Å². The average molecular weight is 242 g/mol. The molecule has 0 bridgehead atoms. The van der Waals surface area contributed by atoms with Gasteiger partial charge in [0.2, 0.25) is 0 Å². The third-order valence-corrected chi connectivity index (χ3v) is 2.64. The first-order valence-corrected chi connectivity index (χ1v) is 5.67. The van der Waals surface area contributed by atoms with E-state index in [1.54, 1.807) is 0 Å². The Bertz CT molecular complexity index is 600. The van der Waals surface area contributed by atoms with Crippen molar-refractivity contribution in [2.24, 2.45) is 0 Å². The van der Waals surface area contributed by atoms with Crippen LogP contribution in [0.15, 0.2) is 47.5 Å². The van der Waals surface area contributed by atoms with Gasteiger partial charge in [0.25, 0.3) is 5.91 Å². The summed E-state index contributed by atoms with van der Waals surface area (Å²) < 4.78 is 0. The zero-order valence-electron chi connectivity index (χ0n) is 10.1. The highest BCUT2D eigenvalue weighted by Crippen LogP contribution is 2.02. The van der Waals surface area contributed by atoms with E-state index >= 15 is 0 Å². The Morgan fingerprint density at radius 3 is 2.61 bits per heavy atom. The SMILES string of the molecule is Cc1ccc(CNC(=O)c2c[nH]ccc2=O)cc1. The molecule has 1 amide bonds. The van der Waals surface area contributed by atoms with Crippen LogP contribution in [0.25, 0.3) is 0 Å². The Hall–Kier alpha value is -2.36. The minimum absolute atomic E-state index is 0.129. The molecule has 0 aliphatic rings. The van der Waals surface area contributed by atoms with E-state index in [4.69, 9.17) is 0 Å². The molecule has 0 saturated heterocycles. The van der Waals surface area contributed by atoms with Crippen molar-refractivity contribution >= 4 is 5.91 Å². The summed E-state index contributed by atoms with van der Waals surface area (Å²) in [6, 6.07) is 9.20. The lowest BCUT2D eigenvalue weighted by molar-refractivity contribution is 0.0949. The minimum atomic E-state index is -0.363. The van der Waals surface area contributed by atoms with E-state index in [1.165, 1.54) is 24.0 Å². The standard InChI is InChI=1S/C14H14N2O2/c1-10-2-4-11(5-3-10)8-16-14(18)12-9-15-7-6-13(12)17/h2-7,9H,8H2,1H3,(H,15,17)(H,16,18). The second-order valence-electron chi connectivity index (χ2n) is 4.09. The summed E-state index contributed by atoms with van der Waals surface area (Å²) in [6.07, 6.45) is 2.91. The third-order valence-electron chi connectivity index (χ3n) is 2.64. The number of nitrogens with one attached hydrogen (secondary N) is 2. The van der Waals surface area contributed by atoms with Crippen LogP contribution in [0.1, 0.15) is 21.5 Å². The zero-order chi connectivity index (χ0) is 13.0. The lowest BCUT2D eigenvalue weighted by Crippen LogP contribution is -2.27. The number of hydrogen-bond acceptors (Lipinski definition) is 2. The predicted octanol–water partition coefficient (Wildman–Crippen LogP) is 1.61. The maximum Gasteiger partial charge on any atom is 0.257 e. The number of amides is 1. The largest absolute Gasteiger partial charge is 0.367 e. The van der Waals surface area contributed by atoms with Gasteiger partial charge in [-0.1, -0.05) is 29.8 Å². The molecule has 18 heavy (non-hydrogen) atoms. The van der Waals surface area contributed by atoms with Gasteiger partial charge in [-0.15, -0.1) is 0 Å². The summed E-state index contributed by atoms with van der Waals surface area (Å²) in [6.45, 7) is 2.42. The normalized spacial score (nSPS) is 10.1. The molecule has 4 heteroatoms. The van der Waals surface area contributed by atoms with Gasteiger partial charge < -0.3 is 10.3 Å². The number of aromatic amines is 1. The van der Waals surface area contributed by atoms with E-state index < -0.39 is 0 Å². The molecule has 92 valence electrons. The highest BCUT2D eigenvalue weighted by Gasteiger charge is 2.08. The van der Waals surface area contributed by atoms with E-state index in [9.17, 15) is 9.59 Å². The van der Waals surface area contributed by atoms with Gasteiger partial charge in [0.05, 0.1) is 0 Å². The number of carbonyl (C=O) groups is 1. The number of hydrogen-bond donors (Lipinski definition) is 2. The van der Waals surface area contributed by atoms with Crippen LogP contribution in [0.5, 0.6) is 0 Å². The third kappa shape index (κ3) is 2.85. The van der Waals surface area contributed by atoms with Gasteiger partial charge in [0.1, 0.15) is 5.56 Å². The predicted molar refractivity (Wildman–Crippen MR) is 69.4 cm³/mol. The summed E-state index contributed by atoms with van der Waals surface area (Å²) >= 11 is 0. The molecule has 2 rings (SSSR count). The van der Waals surface area contributed by atoms with Crippen molar-refractivity contribution in [1.82, 2.24) is 10.3 Å². The van der Waals surface area contributed by atoms with E-state index in [0.717, 1.165) is 5.56 Å². The second-order valence-corrected chi connectivity index (χ2v) is 4.09. The van der Waals surface area contributed by atoms with Crippen LogP contribution in [0, 0.1) is 6.92 Å². The molecule has 0 unspecified atom stereocenters. The molecule has 0 radical (unpaired) electrons. The molecule has 0 aliphatic carbocycles. The van der Waals surface area contributed by atoms with Crippen LogP contribution in [-0.2, 0) is 6.54 Å². The number of aromatic nitrogens is 1. The van der Waals surface area contributed by atoms with Gasteiger partial charge in [-0.25, -0.2) is 0 Å². The van der Waals surface area contributed by atoms with Crippen LogP contribution in [0.2, 0.25) is 0 Å². The molecule has 1 heterocycles. The summed E-state index contributed by atoms with van der Waals surface area (Å²) in [5.74, 6) is -0.363. The molecule has 0 saturated carbocycles. The van der Waals surface area contributed by atoms with Crippen molar-refractivity contribution in [3.63, 3.8) is 0 Å². The molecular weight excluding hydrogens is 228 g/mol. The maximum absolute atomic E-state index is 11.8. The first-order chi connectivity index (χ1) is 8.66. The highest BCUT2D eigenvalue weighted by molar-refractivity contribution is 5.93. The van der Waals surface area contributed by atoms with Gasteiger partial charge in [-0.2, -0.15) is 0 Å². The fourth-order valence-corrected chi connectivity index (χ4v) is 1.58. The van der Waals surface area contributed by atoms with Crippen LogP contribution in [-0.4, -0.2) is 10.9 Å². The van der Waals surface area contributed by atoms with E-state index in [0.29, 0.717) is 6.54 Å². The topological polar surface area (TPSA) is 62.0 Å². The number of pyridine rings is 1. The lowest BCUT2D eigenvalue weighted by Gasteiger charge is -2.05. The second kappa shape index (κ2) is 5.31. The molecule has 2 N–H and O–H groups in total. The Morgan fingerprint density at radius 1 is 1.22 bits per heavy atom. The van der Waals surface area contributed by atoms with Gasteiger partial charge in [-0.05, 0) is 12.5 Å². The fourth-order valence-electron chi connectivity index (χ4n) is 1.58. The fraction of sp³-hybridized carbons (Fsp3) is 0.143. The molecule has 1 aromatic carbocycles. The van der Waals surface area contributed by atoms with Gasteiger partial charge in [0, 0.05) is 25.0 Å². The molecule has 0 fully saturated rings. The average Bonchev–Trinajstić information content (AvgIpc) is 2.38. The van der Waals surface area contributed by atoms with Crippen molar-refractivity contribution in [3.8, 4) is 0 Å². The number of aryl methyl sites for hydroxylation is 1. The number of rotatable bonds is 3. The van der Waals surface area contributed by atoms with Gasteiger partial charge in [0.15, 0.2) is 5.43 Å². The van der Waals surface area contributed by atoms with Crippen molar-refractivity contribution in [2.75, 3.05) is 0 Å². The molecule has 4 nitrogen and oxygen atoms in total. The van der Waals surface area contributed by atoms with Gasteiger partial charge >= 0.3 is 0 Å². The number of carbonyl (C=O) groups excluding carboxylic acids is 1. The van der Waals surface area contributed by atoms with Gasteiger partial charge in [-0.3, -0.25) is 9.59 Å². The first-order valence-electron chi connectivity index (χ1n) is 5.67. The number of H-pyrrole nitrogens is 1. The van der Waals surface area contributed by atoms with Crippen molar-refractivity contribution < 1.29 is 4.79 Å². The Labute approximate surface area is 105 Å². The molecule has 1 aromatic heterocycles. The van der Waals surface area contributed by atoms with Crippen LogP contribution in [0.3, 0.4) is 0 Å². The molecule has 0 atom stereocenters. The Kier molecular flexibility index (Phi) is 3.57. The minimum Gasteiger partial charge on any atom is -0.367 e. The Balaban J connectivity index is 2.03. The van der Waals surface area contributed by atoms with Crippen molar-refractivity contribution in [1.29, 1.82) is 0 Å². The molecule has 0 spiro atoms. The van der Waals surface area contributed by atoms with Crippen LogP contribution < -0.4 is 10.7 Å². The molecule has 0 aliphatic heterocycles. The summed E-state index contributed by atoms with van der Waals surface area (Å²) in [5.41, 5.74) is 2.02. The van der Waals surface area contributed by atoms with Crippen LogP contribution in [0.4, 0.5) is 0 Å². The lowest BCUT2D eigenvalue weighted by atomic mass is 10.1. The monoisotopic (exact) mass is 242 g/mol. The first kappa shape index (κ1) is 12.1. The molecule has 2 aromatic rings. The van der Waals surface area contributed by atoms with E-state index in [1.807, 2.05) is 31.2 Å². The van der Waals surface area contributed by atoms with Crippen LogP contribution >= 0.6 is 0 Å².